The molecule has 3 aromatic carbocycles. The predicted octanol–water partition coefficient (Wildman–Crippen LogP) is 3.59. The molecule has 0 bridgehead atoms. The van der Waals surface area contributed by atoms with Gasteiger partial charge in [0.05, 0.1) is 6.42 Å². The first kappa shape index (κ1) is 13.5. The van der Waals surface area contributed by atoms with E-state index in [2.05, 4.69) is 10.6 Å². The van der Waals surface area contributed by atoms with Gasteiger partial charge in [-0.1, -0.05) is 42.5 Å². The van der Waals surface area contributed by atoms with Gasteiger partial charge in [0, 0.05) is 16.9 Å². The highest BCUT2D eigenvalue weighted by atomic mass is 16.2. The van der Waals surface area contributed by atoms with Crippen LogP contribution >= 0.6 is 0 Å². The first-order valence-corrected chi connectivity index (χ1v) is 7.42. The van der Waals surface area contributed by atoms with Crippen molar-refractivity contribution < 1.29 is 9.59 Å². The monoisotopic (exact) mass is 302 g/mol. The molecule has 112 valence electrons. The Morgan fingerprint density at radius 3 is 2.74 bits per heavy atom. The van der Waals surface area contributed by atoms with Crippen molar-refractivity contribution in [2.75, 3.05) is 10.6 Å². The van der Waals surface area contributed by atoms with Gasteiger partial charge >= 0.3 is 0 Å². The fourth-order valence-corrected chi connectivity index (χ4v) is 2.91. The van der Waals surface area contributed by atoms with Crippen LogP contribution in [0.5, 0.6) is 0 Å². The lowest BCUT2D eigenvalue weighted by atomic mass is 10.0. The molecule has 3 aromatic rings. The molecular formula is C19H14N2O2. The highest BCUT2D eigenvalue weighted by molar-refractivity contribution is 6.13. The minimum Gasteiger partial charge on any atom is -0.325 e. The lowest BCUT2D eigenvalue weighted by Crippen LogP contribution is -2.12. The molecule has 0 radical (unpaired) electrons. The Balaban J connectivity index is 1.65. The molecule has 4 heteroatoms. The Kier molecular flexibility index (Phi) is 3.08. The number of carbonyl (C=O) groups is 2. The summed E-state index contributed by atoms with van der Waals surface area (Å²) >= 11 is 0. The van der Waals surface area contributed by atoms with Crippen LogP contribution in [-0.2, 0) is 11.2 Å². The van der Waals surface area contributed by atoms with Crippen molar-refractivity contribution in [1.82, 2.24) is 0 Å². The fourth-order valence-electron chi connectivity index (χ4n) is 2.91. The maximum Gasteiger partial charge on any atom is 0.256 e. The van der Waals surface area contributed by atoms with Crippen molar-refractivity contribution in [3.05, 3.63) is 71.8 Å². The van der Waals surface area contributed by atoms with Crippen LogP contribution in [0.1, 0.15) is 15.9 Å². The quantitative estimate of drug-likeness (QED) is 0.760. The van der Waals surface area contributed by atoms with Gasteiger partial charge in [-0.2, -0.15) is 0 Å². The zero-order valence-corrected chi connectivity index (χ0v) is 12.3. The predicted molar refractivity (Wildman–Crippen MR) is 90.7 cm³/mol. The minimum atomic E-state index is -0.161. The van der Waals surface area contributed by atoms with Crippen molar-refractivity contribution in [3.63, 3.8) is 0 Å². The number of hydrogen-bond donors (Lipinski definition) is 2. The zero-order chi connectivity index (χ0) is 15.8. The van der Waals surface area contributed by atoms with E-state index in [0.29, 0.717) is 17.7 Å². The Hall–Kier alpha value is -3.14. The molecule has 2 N–H and O–H groups in total. The Labute approximate surface area is 133 Å². The van der Waals surface area contributed by atoms with Crippen LogP contribution in [0.25, 0.3) is 10.8 Å². The van der Waals surface area contributed by atoms with Gasteiger partial charge in [0.25, 0.3) is 5.91 Å². The zero-order valence-electron chi connectivity index (χ0n) is 12.3. The van der Waals surface area contributed by atoms with Crippen molar-refractivity contribution in [2.45, 2.75) is 6.42 Å². The summed E-state index contributed by atoms with van der Waals surface area (Å²) in [6, 6.07) is 18.9. The molecule has 4 rings (SSSR count). The van der Waals surface area contributed by atoms with Crippen molar-refractivity contribution in [3.8, 4) is 0 Å². The van der Waals surface area contributed by atoms with Crippen LogP contribution in [0, 0.1) is 0 Å². The molecule has 23 heavy (non-hydrogen) atoms. The summed E-state index contributed by atoms with van der Waals surface area (Å²) in [6.45, 7) is 0. The first-order chi connectivity index (χ1) is 11.2. The van der Waals surface area contributed by atoms with Crippen LogP contribution in [0.15, 0.2) is 60.7 Å². The van der Waals surface area contributed by atoms with E-state index in [9.17, 15) is 9.59 Å². The second-order valence-corrected chi connectivity index (χ2v) is 5.58. The number of nitrogens with one attached hydrogen (secondary N) is 2. The number of fused-ring (bicyclic) bond motifs is 2. The molecule has 0 fully saturated rings. The average Bonchev–Trinajstić information content (AvgIpc) is 2.93. The van der Waals surface area contributed by atoms with E-state index < -0.39 is 0 Å². The first-order valence-electron chi connectivity index (χ1n) is 7.42. The second-order valence-electron chi connectivity index (χ2n) is 5.58. The SMILES string of the molecule is O=C1Cc2ccc(NC(=O)c3cccc4ccccc34)cc2N1. The van der Waals surface area contributed by atoms with Gasteiger partial charge in [0.2, 0.25) is 5.91 Å². The maximum atomic E-state index is 12.6. The van der Waals surface area contributed by atoms with Crippen LogP contribution in [0.3, 0.4) is 0 Å². The smallest absolute Gasteiger partial charge is 0.256 e. The van der Waals surface area contributed by atoms with Gasteiger partial charge < -0.3 is 10.6 Å². The van der Waals surface area contributed by atoms with Crippen LogP contribution in [0.4, 0.5) is 11.4 Å². The van der Waals surface area contributed by atoms with E-state index in [0.717, 1.165) is 22.0 Å². The van der Waals surface area contributed by atoms with Gasteiger partial charge in [0.15, 0.2) is 0 Å². The molecule has 0 aliphatic carbocycles. The molecular weight excluding hydrogens is 288 g/mol. The van der Waals surface area contributed by atoms with E-state index >= 15 is 0 Å². The standard InChI is InChI=1S/C19H14N2O2/c22-18-10-13-8-9-14(11-17(13)21-18)20-19(23)16-7-3-5-12-4-1-2-6-15(12)16/h1-9,11H,10H2,(H,20,23)(H,21,22). The highest BCUT2D eigenvalue weighted by Gasteiger charge is 2.18. The van der Waals surface area contributed by atoms with Gasteiger partial charge in [-0.15, -0.1) is 0 Å². The minimum absolute atomic E-state index is 0.0162. The molecule has 1 aliphatic heterocycles. The second kappa shape index (κ2) is 5.25. The molecule has 1 heterocycles. The maximum absolute atomic E-state index is 12.6. The number of benzene rings is 3. The normalized spacial score (nSPS) is 12.8. The number of amides is 2. The third-order valence-corrected chi connectivity index (χ3v) is 4.03. The van der Waals surface area contributed by atoms with Crippen molar-refractivity contribution in [1.29, 1.82) is 0 Å². The lowest BCUT2D eigenvalue weighted by molar-refractivity contribution is -0.115. The molecule has 0 aromatic heterocycles. The largest absolute Gasteiger partial charge is 0.325 e. The van der Waals surface area contributed by atoms with Crippen LogP contribution in [0.2, 0.25) is 0 Å². The molecule has 0 atom stereocenters. The Bertz CT molecular complexity index is 942. The number of hydrogen-bond acceptors (Lipinski definition) is 2. The number of anilines is 2. The van der Waals surface area contributed by atoms with Gasteiger partial charge in [-0.3, -0.25) is 9.59 Å². The van der Waals surface area contributed by atoms with Crippen LogP contribution in [-0.4, -0.2) is 11.8 Å². The van der Waals surface area contributed by atoms with E-state index in [1.165, 1.54) is 0 Å². The van der Waals surface area contributed by atoms with E-state index in [-0.39, 0.29) is 11.8 Å². The third-order valence-electron chi connectivity index (χ3n) is 4.03. The lowest BCUT2D eigenvalue weighted by Gasteiger charge is -2.09. The summed E-state index contributed by atoms with van der Waals surface area (Å²) in [5.74, 6) is -0.177. The van der Waals surface area contributed by atoms with Gasteiger partial charge in [0.1, 0.15) is 0 Å². The molecule has 4 nitrogen and oxygen atoms in total. The molecule has 0 spiro atoms. The summed E-state index contributed by atoms with van der Waals surface area (Å²) in [5, 5.41) is 7.64. The van der Waals surface area contributed by atoms with Crippen LogP contribution < -0.4 is 10.6 Å². The fraction of sp³-hybridized carbons (Fsp3) is 0.0526. The van der Waals surface area contributed by atoms with E-state index in [1.54, 1.807) is 6.07 Å². The topological polar surface area (TPSA) is 58.2 Å². The summed E-state index contributed by atoms with van der Waals surface area (Å²) in [4.78, 5) is 24.0. The van der Waals surface area contributed by atoms with Crippen molar-refractivity contribution in [2.24, 2.45) is 0 Å². The summed E-state index contributed by atoms with van der Waals surface area (Å²) in [6.07, 6.45) is 0.396. The Morgan fingerprint density at radius 1 is 1.00 bits per heavy atom. The molecule has 2 amide bonds. The molecule has 1 aliphatic rings. The third kappa shape index (κ3) is 2.44. The summed E-state index contributed by atoms with van der Waals surface area (Å²) in [5.41, 5.74) is 3.03. The number of rotatable bonds is 2. The van der Waals surface area contributed by atoms with E-state index in [4.69, 9.17) is 0 Å². The molecule has 0 unspecified atom stereocenters. The van der Waals surface area contributed by atoms with Gasteiger partial charge in [-0.25, -0.2) is 0 Å². The Morgan fingerprint density at radius 2 is 1.83 bits per heavy atom. The van der Waals surface area contributed by atoms with Crippen molar-refractivity contribution >= 4 is 34.0 Å². The van der Waals surface area contributed by atoms with Gasteiger partial charge in [-0.05, 0) is 34.5 Å². The highest BCUT2D eigenvalue weighted by Crippen LogP contribution is 2.27. The van der Waals surface area contributed by atoms with E-state index in [1.807, 2.05) is 54.6 Å². The number of carbonyl (C=O) groups excluding carboxylic acids is 2. The molecule has 0 saturated heterocycles. The summed E-state index contributed by atoms with van der Waals surface area (Å²) < 4.78 is 0. The summed E-state index contributed by atoms with van der Waals surface area (Å²) in [7, 11) is 0. The molecule has 0 saturated carbocycles. The average molecular weight is 302 g/mol.